The van der Waals surface area contributed by atoms with Crippen LogP contribution in [0.25, 0.3) is 0 Å². The van der Waals surface area contributed by atoms with Crippen LogP contribution in [0.1, 0.15) is 46.4 Å². The van der Waals surface area contributed by atoms with E-state index in [1.165, 1.54) is 4.88 Å². The van der Waals surface area contributed by atoms with E-state index in [2.05, 4.69) is 10.6 Å². The number of rotatable bonds is 5. The van der Waals surface area contributed by atoms with Gasteiger partial charge in [0, 0.05) is 29.4 Å². The molecule has 1 amide bonds. The van der Waals surface area contributed by atoms with Crippen molar-refractivity contribution in [3.8, 4) is 0 Å². The lowest BCUT2D eigenvalue weighted by atomic mass is 10.2. The van der Waals surface area contributed by atoms with E-state index in [-0.39, 0.29) is 5.91 Å². The summed E-state index contributed by atoms with van der Waals surface area (Å²) in [5.41, 5.74) is 2.42. The van der Waals surface area contributed by atoms with Gasteiger partial charge in [-0.05, 0) is 51.1 Å². The van der Waals surface area contributed by atoms with Crippen LogP contribution in [0, 0.1) is 13.8 Å². The standard InChI is InChI=1S/C19H24N2O3S/c1-13-11-17(14(2)21(13)12-16-7-6-10-25-16)19(23)24-15(3)18(22)20-8-4-5-9-20/h6-7,10-11,15H,4-5,8-9,12H2,1-3H3/t15-/m1/s1. The number of amides is 1. The minimum atomic E-state index is -0.744. The topological polar surface area (TPSA) is 51.5 Å². The third-order valence-corrected chi connectivity index (χ3v) is 5.60. The fourth-order valence-corrected chi connectivity index (χ4v) is 3.97. The number of aryl methyl sites for hydroxylation is 1. The molecule has 0 aromatic carbocycles. The fourth-order valence-electron chi connectivity index (χ4n) is 3.28. The number of hydrogen-bond acceptors (Lipinski definition) is 4. The largest absolute Gasteiger partial charge is 0.449 e. The number of aromatic nitrogens is 1. The zero-order valence-electron chi connectivity index (χ0n) is 14.9. The molecule has 1 aliphatic rings. The summed E-state index contributed by atoms with van der Waals surface area (Å²) in [6.07, 6.45) is 1.30. The first-order valence-corrected chi connectivity index (χ1v) is 9.54. The summed E-state index contributed by atoms with van der Waals surface area (Å²) in [6.45, 7) is 7.82. The Bertz CT molecular complexity index is 758. The highest BCUT2D eigenvalue weighted by Gasteiger charge is 2.27. The van der Waals surface area contributed by atoms with Crippen LogP contribution in [-0.4, -0.2) is 40.5 Å². The van der Waals surface area contributed by atoms with Crippen molar-refractivity contribution in [1.29, 1.82) is 0 Å². The van der Waals surface area contributed by atoms with Gasteiger partial charge in [0.2, 0.25) is 0 Å². The van der Waals surface area contributed by atoms with E-state index in [4.69, 9.17) is 4.74 Å². The first-order valence-electron chi connectivity index (χ1n) is 8.66. The van der Waals surface area contributed by atoms with Gasteiger partial charge in [-0.15, -0.1) is 11.3 Å². The maximum atomic E-state index is 12.6. The van der Waals surface area contributed by atoms with Crippen LogP contribution in [0.15, 0.2) is 23.6 Å². The van der Waals surface area contributed by atoms with Crippen molar-refractivity contribution in [3.05, 3.63) is 45.4 Å². The van der Waals surface area contributed by atoms with Crippen molar-refractivity contribution >= 4 is 23.2 Å². The van der Waals surface area contributed by atoms with E-state index in [9.17, 15) is 9.59 Å². The highest BCUT2D eigenvalue weighted by molar-refractivity contribution is 7.09. The van der Waals surface area contributed by atoms with Gasteiger partial charge in [-0.3, -0.25) is 4.79 Å². The average molecular weight is 360 g/mol. The molecular weight excluding hydrogens is 336 g/mol. The van der Waals surface area contributed by atoms with Gasteiger partial charge in [-0.2, -0.15) is 0 Å². The van der Waals surface area contributed by atoms with Crippen molar-refractivity contribution in [2.75, 3.05) is 13.1 Å². The van der Waals surface area contributed by atoms with Gasteiger partial charge in [0.05, 0.1) is 12.1 Å². The first-order chi connectivity index (χ1) is 12.0. The van der Waals surface area contributed by atoms with Gasteiger partial charge in [-0.25, -0.2) is 4.79 Å². The van der Waals surface area contributed by atoms with Crippen molar-refractivity contribution in [2.24, 2.45) is 0 Å². The molecule has 0 saturated carbocycles. The summed E-state index contributed by atoms with van der Waals surface area (Å²) in [7, 11) is 0. The molecule has 134 valence electrons. The van der Waals surface area contributed by atoms with Gasteiger partial charge in [0.15, 0.2) is 6.10 Å². The number of esters is 1. The molecule has 0 radical (unpaired) electrons. The van der Waals surface area contributed by atoms with E-state index in [1.807, 2.05) is 31.4 Å². The zero-order chi connectivity index (χ0) is 18.0. The molecule has 2 aromatic rings. The van der Waals surface area contributed by atoms with E-state index >= 15 is 0 Å². The predicted octanol–water partition coefficient (Wildman–Crippen LogP) is 3.38. The monoisotopic (exact) mass is 360 g/mol. The van der Waals surface area contributed by atoms with Crippen molar-refractivity contribution in [1.82, 2.24) is 9.47 Å². The molecule has 3 heterocycles. The third-order valence-electron chi connectivity index (χ3n) is 4.74. The number of carbonyl (C=O) groups is 2. The Morgan fingerprint density at radius 3 is 2.64 bits per heavy atom. The summed E-state index contributed by atoms with van der Waals surface area (Å²) >= 11 is 1.69. The molecule has 2 aromatic heterocycles. The molecule has 0 N–H and O–H groups in total. The van der Waals surface area contributed by atoms with Crippen LogP contribution in [0.2, 0.25) is 0 Å². The summed E-state index contributed by atoms with van der Waals surface area (Å²) in [4.78, 5) is 27.9. The van der Waals surface area contributed by atoms with Crippen molar-refractivity contribution < 1.29 is 14.3 Å². The zero-order valence-corrected chi connectivity index (χ0v) is 15.8. The smallest absolute Gasteiger partial charge is 0.340 e. The molecule has 1 atom stereocenters. The first kappa shape index (κ1) is 17.7. The molecular formula is C19H24N2O3S. The Hall–Kier alpha value is -2.08. The summed E-state index contributed by atoms with van der Waals surface area (Å²) < 4.78 is 7.56. The van der Waals surface area contributed by atoms with Crippen molar-refractivity contribution in [3.63, 3.8) is 0 Å². The number of hydrogen-bond donors (Lipinski definition) is 0. The molecule has 1 saturated heterocycles. The molecule has 0 unspecified atom stereocenters. The lowest BCUT2D eigenvalue weighted by Gasteiger charge is -2.20. The lowest BCUT2D eigenvalue weighted by Crippen LogP contribution is -2.38. The second kappa shape index (κ2) is 7.44. The van der Waals surface area contributed by atoms with Crippen LogP contribution in [0.5, 0.6) is 0 Å². The van der Waals surface area contributed by atoms with Gasteiger partial charge in [0.1, 0.15) is 0 Å². The Morgan fingerprint density at radius 2 is 2.00 bits per heavy atom. The van der Waals surface area contributed by atoms with Gasteiger partial charge in [-0.1, -0.05) is 6.07 Å². The second-order valence-electron chi connectivity index (χ2n) is 6.53. The second-order valence-corrected chi connectivity index (χ2v) is 7.56. The van der Waals surface area contributed by atoms with Crippen LogP contribution in [0.3, 0.4) is 0 Å². The number of likely N-dealkylation sites (tertiary alicyclic amines) is 1. The Kier molecular flexibility index (Phi) is 5.27. The van der Waals surface area contributed by atoms with Gasteiger partial charge < -0.3 is 14.2 Å². The molecule has 6 heteroatoms. The Balaban J connectivity index is 1.70. The summed E-state index contributed by atoms with van der Waals surface area (Å²) in [5, 5.41) is 2.05. The van der Waals surface area contributed by atoms with E-state index in [0.717, 1.165) is 43.9 Å². The van der Waals surface area contributed by atoms with E-state index < -0.39 is 12.1 Å². The fraction of sp³-hybridized carbons (Fsp3) is 0.474. The van der Waals surface area contributed by atoms with Crippen LogP contribution < -0.4 is 0 Å². The number of thiophene rings is 1. The molecule has 1 fully saturated rings. The summed E-state index contributed by atoms with van der Waals surface area (Å²) in [6, 6.07) is 5.95. The number of nitrogens with zero attached hydrogens (tertiary/aromatic N) is 2. The molecule has 3 rings (SSSR count). The number of carbonyl (C=O) groups excluding carboxylic acids is 2. The van der Waals surface area contributed by atoms with E-state index in [0.29, 0.717) is 5.56 Å². The third kappa shape index (κ3) is 3.79. The molecule has 0 bridgehead atoms. The predicted molar refractivity (Wildman–Crippen MR) is 98.0 cm³/mol. The Labute approximate surface area is 152 Å². The SMILES string of the molecule is Cc1cc(C(=O)O[C@H](C)C(=O)N2CCCC2)c(C)n1Cc1cccs1. The molecule has 5 nitrogen and oxygen atoms in total. The Morgan fingerprint density at radius 1 is 1.28 bits per heavy atom. The van der Waals surface area contributed by atoms with Gasteiger partial charge >= 0.3 is 5.97 Å². The normalized spacial score (nSPS) is 15.4. The van der Waals surface area contributed by atoms with Crippen LogP contribution in [-0.2, 0) is 16.1 Å². The minimum absolute atomic E-state index is 0.0988. The molecule has 0 spiro atoms. The highest BCUT2D eigenvalue weighted by atomic mass is 32.1. The lowest BCUT2D eigenvalue weighted by molar-refractivity contribution is -0.138. The van der Waals surface area contributed by atoms with Crippen LogP contribution in [0.4, 0.5) is 0 Å². The molecule has 25 heavy (non-hydrogen) atoms. The van der Waals surface area contributed by atoms with Crippen LogP contribution >= 0.6 is 11.3 Å². The van der Waals surface area contributed by atoms with Crippen molar-refractivity contribution in [2.45, 2.75) is 46.3 Å². The maximum absolute atomic E-state index is 12.6. The maximum Gasteiger partial charge on any atom is 0.340 e. The van der Waals surface area contributed by atoms with E-state index in [1.54, 1.807) is 23.2 Å². The number of ether oxygens (including phenoxy) is 1. The summed E-state index contributed by atoms with van der Waals surface area (Å²) in [5.74, 6) is -0.524. The molecule has 1 aliphatic heterocycles. The minimum Gasteiger partial charge on any atom is -0.449 e. The van der Waals surface area contributed by atoms with Gasteiger partial charge in [0.25, 0.3) is 5.91 Å². The average Bonchev–Trinajstić information content (AvgIpc) is 3.32. The molecule has 0 aliphatic carbocycles. The highest BCUT2D eigenvalue weighted by Crippen LogP contribution is 2.21. The quantitative estimate of drug-likeness (QED) is 0.768.